The van der Waals surface area contributed by atoms with Crippen molar-refractivity contribution in [3.63, 3.8) is 0 Å². The minimum atomic E-state index is -1.14. The van der Waals surface area contributed by atoms with Crippen LogP contribution in [-0.4, -0.2) is 26.0 Å². The average molecular weight is 323 g/mol. The molecule has 2 N–H and O–H groups in total. The standard InChI is InChI=1S/C17H13N3O4/c1-10-2-4-11(5-3-10)14-15(17(21)22)19-16(18-14)12-6-8-13(9-7-12)20(23)24/h2-9H,1H3,(H,18,19)(H,21,22). The lowest BCUT2D eigenvalue weighted by molar-refractivity contribution is -0.384. The van der Waals surface area contributed by atoms with Crippen LogP contribution in [0.25, 0.3) is 22.6 Å². The summed E-state index contributed by atoms with van der Waals surface area (Å²) in [5, 5.41) is 20.1. The van der Waals surface area contributed by atoms with Crippen molar-refractivity contribution in [3.05, 3.63) is 69.9 Å². The van der Waals surface area contributed by atoms with Gasteiger partial charge in [-0.3, -0.25) is 10.1 Å². The molecule has 7 nitrogen and oxygen atoms in total. The molecule has 7 heteroatoms. The van der Waals surface area contributed by atoms with E-state index >= 15 is 0 Å². The first-order valence-electron chi connectivity index (χ1n) is 7.11. The maximum absolute atomic E-state index is 11.5. The first-order chi connectivity index (χ1) is 11.5. The van der Waals surface area contributed by atoms with E-state index in [1.165, 1.54) is 24.3 Å². The van der Waals surface area contributed by atoms with Crippen molar-refractivity contribution >= 4 is 11.7 Å². The molecular weight excluding hydrogens is 310 g/mol. The monoisotopic (exact) mass is 323 g/mol. The highest BCUT2D eigenvalue weighted by Gasteiger charge is 2.19. The average Bonchev–Trinajstić information content (AvgIpc) is 3.01. The van der Waals surface area contributed by atoms with Gasteiger partial charge in [-0.05, 0) is 19.1 Å². The summed E-state index contributed by atoms with van der Waals surface area (Å²) in [4.78, 5) is 28.8. The zero-order chi connectivity index (χ0) is 17.3. The van der Waals surface area contributed by atoms with Gasteiger partial charge in [0.1, 0.15) is 5.82 Å². The molecule has 0 saturated heterocycles. The molecule has 3 rings (SSSR count). The van der Waals surface area contributed by atoms with E-state index < -0.39 is 10.9 Å². The number of carbonyl (C=O) groups is 1. The summed E-state index contributed by atoms with van der Waals surface area (Å²) >= 11 is 0. The highest BCUT2D eigenvalue weighted by molar-refractivity contribution is 5.94. The van der Waals surface area contributed by atoms with Crippen LogP contribution in [0.15, 0.2) is 48.5 Å². The van der Waals surface area contributed by atoms with Gasteiger partial charge in [0.25, 0.3) is 5.69 Å². The number of nitro benzene ring substituents is 1. The third kappa shape index (κ3) is 2.87. The number of non-ortho nitro benzene ring substituents is 1. The molecule has 1 aromatic heterocycles. The third-order valence-corrected chi connectivity index (χ3v) is 3.60. The zero-order valence-corrected chi connectivity index (χ0v) is 12.7. The number of H-pyrrole nitrogens is 1. The van der Waals surface area contributed by atoms with Crippen LogP contribution in [0.5, 0.6) is 0 Å². The number of hydrogen-bond donors (Lipinski definition) is 2. The fourth-order valence-electron chi connectivity index (χ4n) is 2.33. The summed E-state index contributed by atoms with van der Waals surface area (Å²) in [6, 6.07) is 13.2. The largest absolute Gasteiger partial charge is 0.476 e. The quantitative estimate of drug-likeness (QED) is 0.562. The van der Waals surface area contributed by atoms with Crippen molar-refractivity contribution in [2.45, 2.75) is 6.92 Å². The van der Waals surface area contributed by atoms with Crippen LogP contribution in [0.4, 0.5) is 5.69 Å². The highest BCUT2D eigenvalue weighted by Crippen LogP contribution is 2.27. The SMILES string of the molecule is Cc1ccc(-c2[nH]c(-c3ccc([N+](=O)[O-])cc3)nc2C(=O)O)cc1. The summed E-state index contributed by atoms with van der Waals surface area (Å²) in [5.41, 5.74) is 2.61. The van der Waals surface area contributed by atoms with Gasteiger partial charge in [0, 0.05) is 23.3 Å². The molecule has 0 amide bonds. The van der Waals surface area contributed by atoms with Gasteiger partial charge < -0.3 is 10.1 Å². The van der Waals surface area contributed by atoms with Gasteiger partial charge in [-0.25, -0.2) is 9.78 Å². The Hall–Kier alpha value is -3.48. The number of hydrogen-bond acceptors (Lipinski definition) is 4. The Morgan fingerprint density at radius 3 is 2.21 bits per heavy atom. The van der Waals surface area contributed by atoms with Crippen LogP contribution < -0.4 is 0 Å². The van der Waals surface area contributed by atoms with Crippen molar-refractivity contribution in [3.8, 4) is 22.6 Å². The summed E-state index contributed by atoms with van der Waals surface area (Å²) < 4.78 is 0. The third-order valence-electron chi connectivity index (χ3n) is 3.60. The van der Waals surface area contributed by atoms with E-state index in [0.717, 1.165) is 5.56 Å². The molecule has 3 aromatic rings. The lowest BCUT2D eigenvalue weighted by Crippen LogP contribution is -1.99. The Morgan fingerprint density at radius 1 is 1.08 bits per heavy atom. The Labute approximate surface area is 136 Å². The van der Waals surface area contributed by atoms with Crippen molar-refractivity contribution in [1.29, 1.82) is 0 Å². The number of aromatic nitrogens is 2. The van der Waals surface area contributed by atoms with Crippen LogP contribution in [0, 0.1) is 17.0 Å². The van der Waals surface area contributed by atoms with Gasteiger partial charge in [0.15, 0.2) is 5.69 Å². The van der Waals surface area contributed by atoms with E-state index in [-0.39, 0.29) is 11.4 Å². The maximum Gasteiger partial charge on any atom is 0.356 e. The molecule has 0 saturated carbocycles. The molecule has 0 fully saturated rings. The van der Waals surface area contributed by atoms with E-state index in [2.05, 4.69) is 9.97 Å². The van der Waals surface area contributed by atoms with Crippen LogP contribution >= 0.6 is 0 Å². The minimum Gasteiger partial charge on any atom is -0.476 e. The van der Waals surface area contributed by atoms with Crippen molar-refractivity contribution < 1.29 is 14.8 Å². The van der Waals surface area contributed by atoms with Crippen LogP contribution in [0.2, 0.25) is 0 Å². The summed E-state index contributed by atoms with van der Waals surface area (Å²) in [7, 11) is 0. The molecule has 0 radical (unpaired) electrons. The number of rotatable bonds is 4. The van der Waals surface area contributed by atoms with Gasteiger partial charge in [-0.1, -0.05) is 29.8 Å². The molecule has 0 atom stereocenters. The second kappa shape index (κ2) is 5.96. The molecule has 0 bridgehead atoms. The minimum absolute atomic E-state index is 0.0393. The molecule has 0 aliphatic carbocycles. The molecule has 120 valence electrons. The number of carboxylic acid groups (broad SMARTS) is 1. The second-order valence-electron chi connectivity index (χ2n) is 5.28. The molecular formula is C17H13N3O4. The number of aromatic amines is 1. The topological polar surface area (TPSA) is 109 Å². The Balaban J connectivity index is 2.07. The fraction of sp³-hybridized carbons (Fsp3) is 0.0588. The summed E-state index contributed by atoms with van der Waals surface area (Å²) in [6.45, 7) is 1.94. The van der Waals surface area contributed by atoms with Crippen molar-refractivity contribution in [1.82, 2.24) is 9.97 Å². The van der Waals surface area contributed by atoms with E-state index in [4.69, 9.17) is 0 Å². The first-order valence-corrected chi connectivity index (χ1v) is 7.11. The molecule has 0 aliphatic heterocycles. The molecule has 2 aromatic carbocycles. The number of carboxylic acids is 1. The normalized spacial score (nSPS) is 10.5. The van der Waals surface area contributed by atoms with Gasteiger partial charge in [-0.2, -0.15) is 0 Å². The summed E-state index contributed by atoms with van der Waals surface area (Å²) in [6.07, 6.45) is 0. The Morgan fingerprint density at radius 2 is 1.67 bits per heavy atom. The van der Waals surface area contributed by atoms with Crippen LogP contribution in [0.3, 0.4) is 0 Å². The van der Waals surface area contributed by atoms with Gasteiger partial charge in [0.2, 0.25) is 0 Å². The van der Waals surface area contributed by atoms with Crippen LogP contribution in [-0.2, 0) is 0 Å². The van der Waals surface area contributed by atoms with Crippen molar-refractivity contribution in [2.24, 2.45) is 0 Å². The second-order valence-corrected chi connectivity index (χ2v) is 5.28. The Kier molecular flexibility index (Phi) is 3.83. The lowest BCUT2D eigenvalue weighted by Gasteiger charge is -2.00. The summed E-state index contributed by atoms with van der Waals surface area (Å²) in [5.74, 6) is -0.798. The number of nitrogens with zero attached hydrogens (tertiary/aromatic N) is 2. The first kappa shape index (κ1) is 15.4. The van der Waals surface area contributed by atoms with E-state index in [1.807, 2.05) is 31.2 Å². The van der Waals surface area contributed by atoms with Gasteiger partial charge in [0.05, 0.1) is 10.6 Å². The van der Waals surface area contributed by atoms with Crippen LogP contribution in [0.1, 0.15) is 16.1 Å². The molecule has 24 heavy (non-hydrogen) atoms. The lowest BCUT2D eigenvalue weighted by atomic mass is 10.1. The highest BCUT2D eigenvalue weighted by atomic mass is 16.6. The van der Waals surface area contributed by atoms with Gasteiger partial charge >= 0.3 is 5.97 Å². The van der Waals surface area contributed by atoms with E-state index in [1.54, 1.807) is 0 Å². The van der Waals surface area contributed by atoms with E-state index in [9.17, 15) is 20.0 Å². The molecule has 0 aliphatic rings. The predicted molar refractivity (Wildman–Crippen MR) is 87.8 cm³/mol. The Bertz CT molecular complexity index is 912. The van der Waals surface area contributed by atoms with Crippen molar-refractivity contribution in [2.75, 3.05) is 0 Å². The maximum atomic E-state index is 11.5. The number of aromatic carboxylic acids is 1. The van der Waals surface area contributed by atoms with E-state index in [0.29, 0.717) is 22.6 Å². The number of aryl methyl sites for hydroxylation is 1. The molecule has 1 heterocycles. The number of imidazole rings is 1. The van der Waals surface area contributed by atoms with Gasteiger partial charge in [-0.15, -0.1) is 0 Å². The fourth-order valence-corrected chi connectivity index (χ4v) is 2.33. The molecule has 0 spiro atoms. The number of nitro groups is 1. The zero-order valence-electron chi connectivity index (χ0n) is 12.7. The molecule has 0 unspecified atom stereocenters. The predicted octanol–water partition coefficient (Wildman–Crippen LogP) is 3.66. The smallest absolute Gasteiger partial charge is 0.356 e. The number of nitrogens with one attached hydrogen (secondary N) is 1. The number of benzene rings is 2.